The van der Waals surface area contributed by atoms with E-state index in [1.54, 1.807) is 12.5 Å². The summed E-state index contributed by atoms with van der Waals surface area (Å²) in [5.74, 6) is 4.36. The zero-order chi connectivity index (χ0) is 24.0. The minimum Gasteiger partial charge on any atom is -0.462 e. The Balaban J connectivity index is 1.50. The first-order valence-corrected chi connectivity index (χ1v) is 13.8. The average molecular weight is 453 g/mol. The molecular formula is C31H48O2. The second-order valence-electron chi connectivity index (χ2n) is 12.6. The van der Waals surface area contributed by atoms with Crippen LogP contribution in [-0.2, 0) is 9.53 Å². The molecule has 2 heteroatoms. The highest BCUT2D eigenvalue weighted by molar-refractivity contribution is 5.66. The summed E-state index contributed by atoms with van der Waals surface area (Å²) in [5.41, 5.74) is 3.69. The Kier molecular flexibility index (Phi) is 7.05. The minimum atomic E-state index is -0.125. The molecule has 4 aliphatic rings. The quantitative estimate of drug-likeness (QED) is 0.299. The zero-order valence-corrected chi connectivity index (χ0v) is 22.2. The average Bonchev–Trinajstić information content (AvgIpc) is 3.11. The lowest BCUT2D eigenvalue weighted by molar-refractivity contribution is -0.148. The second kappa shape index (κ2) is 9.38. The Labute approximate surface area is 203 Å². The molecular weight excluding hydrogens is 404 g/mol. The molecule has 4 aliphatic carbocycles. The van der Waals surface area contributed by atoms with Gasteiger partial charge in [0, 0.05) is 13.3 Å². The van der Waals surface area contributed by atoms with Gasteiger partial charge < -0.3 is 4.74 Å². The molecule has 3 saturated carbocycles. The monoisotopic (exact) mass is 452 g/mol. The van der Waals surface area contributed by atoms with Crippen molar-refractivity contribution in [3.8, 4) is 0 Å². The summed E-state index contributed by atoms with van der Waals surface area (Å²) in [6.07, 6.45) is 18.8. The van der Waals surface area contributed by atoms with Crippen molar-refractivity contribution in [3.63, 3.8) is 0 Å². The van der Waals surface area contributed by atoms with Gasteiger partial charge in [-0.2, -0.15) is 0 Å². The molecule has 0 saturated heterocycles. The van der Waals surface area contributed by atoms with Crippen LogP contribution >= 0.6 is 0 Å². The van der Waals surface area contributed by atoms with Crippen LogP contribution in [0.2, 0.25) is 0 Å². The Hall–Kier alpha value is -1.31. The molecule has 33 heavy (non-hydrogen) atoms. The summed E-state index contributed by atoms with van der Waals surface area (Å²) in [4.78, 5) is 11.5. The van der Waals surface area contributed by atoms with Crippen LogP contribution in [0.5, 0.6) is 0 Å². The Morgan fingerprint density at radius 2 is 1.91 bits per heavy atom. The molecule has 3 fully saturated rings. The summed E-state index contributed by atoms with van der Waals surface area (Å²) in [7, 11) is 0. The lowest BCUT2D eigenvalue weighted by atomic mass is 9.47. The lowest BCUT2D eigenvalue weighted by Gasteiger charge is -2.58. The van der Waals surface area contributed by atoms with E-state index >= 15 is 0 Å². The molecule has 9 atom stereocenters. The summed E-state index contributed by atoms with van der Waals surface area (Å²) < 4.78 is 5.62. The van der Waals surface area contributed by atoms with E-state index in [2.05, 4.69) is 59.4 Å². The minimum absolute atomic E-state index is 0.0990. The first-order valence-electron chi connectivity index (χ1n) is 13.8. The van der Waals surface area contributed by atoms with Gasteiger partial charge in [-0.15, -0.1) is 0 Å². The van der Waals surface area contributed by atoms with Crippen molar-refractivity contribution in [2.24, 2.45) is 46.3 Å². The highest BCUT2D eigenvalue weighted by atomic mass is 16.5. The third-order valence-corrected chi connectivity index (χ3v) is 10.8. The van der Waals surface area contributed by atoms with Gasteiger partial charge in [0.15, 0.2) is 0 Å². The molecule has 0 spiro atoms. The molecule has 0 aromatic heterocycles. The van der Waals surface area contributed by atoms with Crippen LogP contribution in [0.4, 0.5) is 0 Å². The van der Waals surface area contributed by atoms with Crippen molar-refractivity contribution in [1.29, 1.82) is 0 Å². The largest absolute Gasteiger partial charge is 0.462 e. The molecule has 0 bridgehead atoms. The van der Waals surface area contributed by atoms with Gasteiger partial charge in [0.25, 0.3) is 0 Å². The molecule has 0 N–H and O–H groups in total. The predicted molar refractivity (Wildman–Crippen MR) is 138 cm³/mol. The van der Waals surface area contributed by atoms with E-state index in [1.807, 2.05) is 0 Å². The fraction of sp³-hybridized carbons (Fsp3) is 0.774. The second-order valence-corrected chi connectivity index (χ2v) is 12.6. The normalized spacial score (nSPS) is 42.0. The van der Waals surface area contributed by atoms with Gasteiger partial charge in [0.05, 0.1) is 0 Å². The van der Waals surface area contributed by atoms with E-state index in [4.69, 9.17) is 4.74 Å². The summed E-state index contributed by atoms with van der Waals surface area (Å²) >= 11 is 0. The number of hydrogen-bond donors (Lipinski definition) is 0. The van der Waals surface area contributed by atoms with Gasteiger partial charge in [0.2, 0.25) is 0 Å². The van der Waals surface area contributed by atoms with Crippen molar-refractivity contribution in [1.82, 2.24) is 0 Å². The molecule has 7 unspecified atom stereocenters. The molecule has 0 aromatic rings. The van der Waals surface area contributed by atoms with Gasteiger partial charge in [0.1, 0.15) is 6.10 Å². The maximum Gasteiger partial charge on any atom is 0.302 e. The van der Waals surface area contributed by atoms with Crippen molar-refractivity contribution >= 4 is 5.97 Å². The number of ether oxygens (including phenoxy) is 1. The number of esters is 1. The van der Waals surface area contributed by atoms with Crippen LogP contribution < -0.4 is 0 Å². The predicted octanol–water partition coefficient (Wildman–Crippen LogP) is 8.29. The number of rotatable bonds is 6. The molecule has 184 valence electrons. The van der Waals surface area contributed by atoms with E-state index in [-0.39, 0.29) is 12.1 Å². The number of carbonyl (C=O) groups excluding carboxylic acids is 1. The molecule has 0 aromatic carbocycles. The van der Waals surface area contributed by atoms with E-state index in [0.29, 0.717) is 22.7 Å². The maximum absolute atomic E-state index is 11.5. The smallest absolute Gasteiger partial charge is 0.302 e. The third-order valence-electron chi connectivity index (χ3n) is 10.8. The van der Waals surface area contributed by atoms with Gasteiger partial charge in [-0.3, -0.25) is 4.79 Å². The van der Waals surface area contributed by atoms with Crippen LogP contribution in [-0.4, -0.2) is 12.1 Å². The van der Waals surface area contributed by atoms with Crippen LogP contribution in [0.15, 0.2) is 36.0 Å². The fourth-order valence-electron chi connectivity index (χ4n) is 8.96. The summed E-state index contributed by atoms with van der Waals surface area (Å²) in [6.45, 7) is 17.9. The first kappa shape index (κ1) is 24.8. The van der Waals surface area contributed by atoms with Gasteiger partial charge in [-0.05, 0) is 105 Å². The van der Waals surface area contributed by atoms with Gasteiger partial charge in [-0.1, -0.05) is 63.6 Å². The zero-order valence-electron chi connectivity index (χ0n) is 22.2. The number of hydrogen-bond acceptors (Lipinski definition) is 2. The fourth-order valence-corrected chi connectivity index (χ4v) is 8.96. The number of fused-ring (bicyclic) bond motifs is 5. The standard InChI is InChI=1S/C31H48O2/c1-8-23(20(2)3)10-9-21(4)27-13-14-28-26-12-11-24-19-25(33-22(5)32)15-17-30(24,6)29(26)16-18-31(27,28)7/h9-11,21,23,25-29H,2,8,12-19H2,1,3-7H3/t21?,23?,25?,26?,27?,28?,29?,30-,31+/m0/s1. The highest BCUT2D eigenvalue weighted by Crippen LogP contribution is 2.67. The van der Waals surface area contributed by atoms with Gasteiger partial charge in [-0.25, -0.2) is 0 Å². The van der Waals surface area contributed by atoms with Gasteiger partial charge >= 0.3 is 5.97 Å². The Morgan fingerprint density at radius 3 is 2.58 bits per heavy atom. The SMILES string of the molecule is C=C(C)C(C=CC(C)C1CCC2C3CC=C4CC(OC(C)=O)CC[C@]4(C)C3CC[C@]12C)CC. The number of allylic oxidation sites excluding steroid dienone is 4. The molecule has 0 amide bonds. The molecule has 0 radical (unpaired) electrons. The maximum atomic E-state index is 11.5. The van der Waals surface area contributed by atoms with Crippen molar-refractivity contribution in [2.75, 3.05) is 0 Å². The van der Waals surface area contributed by atoms with Crippen LogP contribution in [0.1, 0.15) is 99.3 Å². The van der Waals surface area contributed by atoms with Crippen LogP contribution in [0.3, 0.4) is 0 Å². The van der Waals surface area contributed by atoms with Crippen molar-refractivity contribution in [2.45, 2.75) is 105 Å². The summed E-state index contributed by atoms with van der Waals surface area (Å²) in [6, 6.07) is 0. The molecule has 0 heterocycles. The van der Waals surface area contributed by atoms with Crippen LogP contribution in [0, 0.1) is 46.3 Å². The number of carbonyl (C=O) groups is 1. The van der Waals surface area contributed by atoms with E-state index in [1.165, 1.54) is 44.1 Å². The highest BCUT2D eigenvalue weighted by Gasteiger charge is 2.59. The van der Waals surface area contributed by atoms with Crippen LogP contribution in [0.25, 0.3) is 0 Å². The van der Waals surface area contributed by atoms with E-state index in [9.17, 15) is 4.79 Å². The first-order chi connectivity index (χ1) is 15.6. The van der Waals surface area contributed by atoms with E-state index < -0.39 is 0 Å². The Bertz CT molecular complexity index is 821. The third kappa shape index (κ3) is 4.41. The molecule has 2 nitrogen and oxygen atoms in total. The Morgan fingerprint density at radius 1 is 1.15 bits per heavy atom. The van der Waals surface area contributed by atoms with Crippen molar-refractivity contribution < 1.29 is 9.53 Å². The topological polar surface area (TPSA) is 26.3 Å². The van der Waals surface area contributed by atoms with E-state index in [0.717, 1.165) is 42.9 Å². The molecule has 4 rings (SSSR count). The van der Waals surface area contributed by atoms with Crippen molar-refractivity contribution in [3.05, 3.63) is 36.0 Å². The lowest BCUT2D eigenvalue weighted by Crippen LogP contribution is -2.51. The summed E-state index contributed by atoms with van der Waals surface area (Å²) in [5, 5.41) is 0. The molecule has 0 aliphatic heterocycles.